The Morgan fingerprint density at radius 2 is 0.897 bits per heavy atom. The van der Waals surface area contributed by atoms with Crippen LogP contribution < -0.4 is 0 Å². The average Bonchev–Trinajstić information content (AvgIpc) is 3.13. The lowest BCUT2D eigenvalue weighted by Gasteiger charge is -2.32. The highest BCUT2D eigenvalue weighted by atomic mass is 15.4. The predicted octanol–water partition coefficient (Wildman–Crippen LogP) is 8.87. The lowest BCUT2D eigenvalue weighted by atomic mass is 10.0. The minimum Gasteiger partial charge on any atom is -0.356 e. The van der Waals surface area contributed by atoms with Crippen LogP contribution in [0, 0.1) is 0 Å². The van der Waals surface area contributed by atoms with Crippen molar-refractivity contribution in [3.63, 3.8) is 0 Å². The third kappa shape index (κ3) is 13.3. The molecule has 2 heteroatoms. The summed E-state index contributed by atoms with van der Waals surface area (Å²) in [5.41, 5.74) is 0. The van der Waals surface area contributed by atoms with E-state index in [1.165, 1.54) is 129 Å². The summed E-state index contributed by atoms with van der Waals surface area (Å²) in [5.74, 6) is 0. The largest absolute Gasteiger partial charge is 0.356 e. The summed E-state index contributed by atoms with van der Waals surface area (Å²) in [7, 11) is 0. The molecular weight excluding hydrogens is 352 g/mol. The van der Waals surface area contributed by atoms with Crippen molar-refractivity contribution < 1.29 is 0 Å². The molecule has 1 aliphatic heterocycles. The molecule has 172 valence electrons. The molecule has 0 aliphatic carbocycles. The van der Waals surface area contributed by atoms with E-state index < -0.39 is 0 Å². The Morgan fingerprint density at radius 3 is 1.38 bits per heavy atom. The van der Waals surface area contributed by atoms with Crippen LogP contribution in [-0.4, -0.2) is 29.1 Å². The maximum Gasteiger partial charge on any atom is 0.101 e. The van der Waals surface area contributed by atoms with Crippen LogP contribution in [0.1, 0.15) is 143 Å². The Labute approximate surface area is 184 Å². The number of hydrogen-bond donors (Lipinski definition) is 0. The second-order valence-electron chi connectivity index (χ2n) is 9.29. The van der Waals surface area contributed by atoms with Crippen LogP contribution in [0.25, 0.3) is 0 Å². The predicted molar refractivity (Wildman–Crippen MR) is 131 cm³/mol. The van der Waals surface area contributed by atoms with E-state index in [1.807, 2.05) is 0 Å². The van der Waals surface area contributed by atoms with E-state index in [-0.39, 0.29) is 0 Å². The quantitative estimate of drug-likeness (QED) is 0.176. The topological polar surface area (TPSA) is 6.48 Å². The van der Waals surface area contributed by atoms with Gasteiger partial charge in [-0.15, -0.1) is 0 Å². The molecule has 0 aromatic heterocycles. The first-order chi connectivity index (χ1) is 14.3. The van der Waals surface area contributed by atoms with Gasteiger partial charge in [0.2, 0.25) is 0 Å². The fourth-order valence-electron chi connectivity index (χ4n) is 4.67. The molecule has 0 aromatic carbocycles. The molecule has 0 aromatic rings. The Balaban J connectivity index is 2.04. The molecule has 0 N–H and O–H groups in total. The van der Waals surface area contributed by atoms with Crippen LogP contribution in [-0.2, 0) is 0 Å². The van der Waals surface area contributed by atoms with Crippen molar-refractivity contribution in [2.75, 3.05) is 13.1 Å². The van der Waals surface area contributed by atoms with Crippen molar-refractivity contribution in [2.45, 2.75) is 149 Å². The Kier molecular flexibility index (Phi) is 17.6. The third-order valence-corrected chi connectivity index (χ3v) is 6.67. The second kappa shape index (κ2) is 19.3. The van der Waals surface area contributed by atoms with Gasteiger partial charge in [-0.25, -0.2) is 0 Å². The lowest BCUT2D eigenvalue weighted by molar-refractivity contribution is 0.142. The molecule has 0 bridgehead atoms. The molecule has 0 spiro atoms. The van der Waals surface area contributed by atoms with Gasteiger partial charge in [-0.1, -0.05) is 117 Å². The first kappa shape index (κ1) is 26.4. The van der Waals surface area contributed by atoms with Crippen molar-refractivity contribution in [3.8, 4) is 0 Å². The van der Waals surface area contributed by atoms with Crippen molar-refractivity contribution >= 4 is 0 Å². The maximum absolute atomic E-state index is 2.63. The van der Waals surface area contributed by atoms with Gasteiger partial charge in [-0.2, -0.15) is 0 Å². The highest BCUT2D eigenvalue weighted by molar-refractivity contribution is 4.96. The SMILES string of the molecule is CCCCCCCCCCCCCC1N(CC)C=CN1CCCCCCCCC. The molecule has 2 nitrogen and oxygen atoms in total. The van der Waals surface area contributed by atoms with E-state index in [0.717, 1.165) is 6.54 Å². The molecule has 1 heterocycles. The molecule has 1 unspecified atom stereocenters. The van der Waals surface area contributed by atoms with Crippen LogP contribution in [0.15, 0.2) is 12.4 Å². The van der Waals surface area contributed by atoms with Crippen LogP contribution >= 0.6 is 0 Å². The molecule has 0 saturated carbocycles. The lowest BCUT2D eigenvalue weighted by Crippen LogP contribution is -2.38. The standard InChI is InChI=1S/C27H54N2/c1-4-7-9-11-13-14-15-16-17-19-21-23-27-28(6-3)25-26-29(27)24-22-20-18-12-10-8-5-2/h25-27H,4-24H2,1-3H3. The van der Waals surface area contributed by atoms with Gasteiger partial charge in [0.05, 0.1) is 0 Å². The van der Waals surface area contributed by atoms with Gasteiger partial charge in [-0.05, 0) is 26.2 Å². The zero-order valence-corrected chi connectivity index (χ0v) is 20.5. The Bertz CT molecular complexity index is 366. The Hall–Kier alpha value is -0.660. The first-order valence-corrected chi connectivity index (χ1v) is 13.5. The fraction of sp³-hybridized carbons (Fsp3) is 0.926. The second-order valence-corrected chi connectivity index (χ2v) is 9.29. The van der Waals surface area contributed by atoms with Crippen LogP contribution in [0.5, 0.6) is 0 Å². The summed E-state index contributed by atoms with van der Waals surface area (Å²) in [6, 6.07) is 0. The van der Waals surface area contributed by atoms with E-state index in [2.05, 4.69) is 43.0 Å². The smallest absolute Gasteiger partial charge is 0.101 e. The molecule has 1 atom stereocenters. The number of unbranched alkanes of at least 4 members (excludes halogenated alkanes) is 16. The monoisotopic (exact) mass is 406 g/mol. The molecule has 1 aliphatic rings. The van der Waals surface area contributed by atoms with E-state index in [0.29, 0.717) is 6.17 Å². The highest BCUT2D eigenvalue weighted by Crippen LogP contribution is 2.22. The van der Waals surface area contributed by atoms with Crippen LogP contribution in [0.2, 0.25) is 0 Å². The number of nitrogens with zero attached hydrogens (tertiary/aromatic N) is 2. The molecule has 0 fully saturated rings. The van der Waals surface area contributed by atoms with Gasteiger partial charge >= 0.3 is 0 Å². The zero-order valence-electron chi connectivity index (χ0n) is 20.5. The minimum absolute atomic E-state index is 0.638. The summed E-state index contributed by atoms with van der Waals surface area (Å²) in [6.07, 6.45) is 32.3. The van der Waals surface area contributed by atoms with Gasteiger partial charge in [0.1, 0.15) is 6.17 Å². The van der Waals surface area contributed by atoms with Crippen LogP contribution in [0.3, 0.4) is 0 Å². The van der Waals surface area contributed by atoms with Crippen molar-refractivity contribution in [2.24, 2.45) is 0 Å². The van der Waals surface area contributed by atoms with E-state index >= 15 is 0 Å². The van der Waals surface area contributed by atoms with Crippen molar-refractivity contribution in [1.29, 1.82) is 0 Å². The summed E-state index contributed by atoms with van der Waals surface area (Å²) >= 11 is 0. The van der Waals surface area contributed by atoms with Crippen molar-refractivity contribution in [3.05, 3.63) is 12.4 Å². The summed E-state index contributed by atoms with van der Waals surface area (Å²) < 4.78 is 0. The average molecular weight is 407 g/mol. The van der Waals surface area contributed by atoms with Gasteiger partial charge < -0.3 is 9.80 Å². The number of hydrogen-bond acceptors (Lipinski definition) is 2. The van der Waals surface area contributed by atoms with Gasteiger partial charge in [0.15, 0.2) is 0 Å². The van der Waals surface area contributed by atoms with Gasteiger partial charge in [0.25, 0.3) is 0 Å². The van der Waals surface area contributed by atoms with E-state index in [9.17, 15) is 0 Å². The van der Waals surface area contributed by atoms with Crippen LogP contribution in [0.4, 0.5) is 0 Å². The fourth-order valence-corrected chi connectivity index (χ4v) is 4.67. The molecule has 0 radical (unpaired) electrons. The number of rotatable bonds is 21. The minimum atomic E-state index is 0.638. The molecule has 0 amide bonds. The maximum atomic E-state index is 2.63. The van der Waals surface area contributed by atoms with Gasteiger partial charge in [-0.3, -0.25) is 0 Å². The van der Waals surface area contributed by atoms with E-state index in [1.54, 1.807) is 0 Å². The Morgan fingerprint density at radius 1 is 0.483 bits per heavy atom. The third-order valence-electron chi connectivity index (χ3n) is 6.67. The normalized spacial score (nSPS) is 16.3. The first-order valence-electron chi connectivity index (χ1n) is 13.5. The van der Waals surface area contributed by atoms with E-state index in [4.69, 9.17) is 0 Å². The highest BCUT2D eigenvalue weighted by Gasteiger charge is 2.23. The summed E-state index contributed by atoms with van der Waals surface area (Å²) in [6.45, 7) is 9.30. The molecule has 29 heavy (non-hydrogen) atoms. The molecule has 0 saturated heterocycles. The summed E-state index contributed by atoms with van der Waals surface area (Å²) in [5, 5.41) is 0. The van der Waals surface area contributed by atoms with Crippen molar-refractivity contribution in [1.82, 2.24) is 9.80 Å². The molecule has 1 rings (SSSR count). The van der Waals surface area contributed by atoms with Gasteiger partial charge in [0, 0.05) is 25.5 Å². The zero-order chi connectivity index (χ0) is 21.0. The summed E-state index contributed by atoms with van der Waals surface area (Å²) in [4.78, 5) is 5.18. The molecular formula is C27H54N2.